The third-order valence-electron chi connectivity index (χ3n) is 6.78. The lowest BCUT2D eigenvalue weighted by Crippen LogP contribution is -2.37. The Morgan fingerprint density at radius 3 is 2.54 bits per heavy atom. The molecule has 4 rings (SSSR count). The van der Waals surface area contributed by atoms with Crippen molar-refractivity contribution in [3.63, 3.8) is 0 Å². The lowest BCUT2D eigenvalue weighted by atomic mass is 9.84. The van der Waals surface area contributed by atoms with Crippen LogP contribution in [0.3, 0.4) is 0 Å². The molecule has 1 aliphatic rings. The molecule has 0 fully saturated rings. The Bertz CT molecular complexity index is 1370. The average Bonchev–Trinajstić information content (AvgIpc) is 3.04. The minimum absolute atomic E-state index is 0.0320. The molecule has 204 valence electrons. The van der Waals surface area contributed by atoms with Crippen LogP contribution in [-0.4, -0.2) is 17.3 Å². The van der Waals surface area contributed by atoms with Gasteiger partial charge in [-0.1, -0.05) is 81.8 Å². The molecule has 7 heteroatoms. The first-order valence-electron chi connectivity index (χ1n) is 13.1. The van der Waals surface area contributed by atoms with E-state index in [1.54, 1.807) is 23.1 Å². The summed E-state index contributed by atoms with van der Waals surface area (Å²) in [5.74, 6) is 0.232. The quantitative estimate of drug-likeness (QED) is 0.213. The number of phenolic OH excluding ortho intramolecular Hbond substituents is 1. The van der Waals surface area contributed by atoms with E-state index in [0.717, 1.165) is 23.1 Å². The molecule has 1 heterocycles. The summed E-state index contributed by atoms with van der Waals surface area (Å²) < 4.78 is 5.98. The summed E-state index contributed by atoms with van der Waals surface area (Å²) >= 11 is 6.87. The zero-order valence-corrected chi connectivity index (χ0v) is 23.5. The number of carbonyl (C=O) groups is 2. The van der Waals surface area contributed by atoms with E-state index in [1.165, 1.54) is 0 Å². The van der Waals surface area contributed by atoms with Crippen LogP contribution >= 0.6 is 11.6 Å². The maximum atomic E-state index is 13.7. The molecule has 0 aliphatic carbocycles. The van der Waals surface area contributed by atoms with Gasteiger partial charge < -0.3 is 20.0 Å². The standard InChI is InChI=1S/C32H35ClN2O4/c1-21(2)31(38)35-27-11-8-12-29(37)30(27)34-23(19-32(3,4)15-16-36)17-28(35)25-14-13-24(18-26(25)33)39-20-22-9-6-5-7-10-22/h5-14,16-18,21,28,34,37H,15,19-20H2,1-4H3/t28-/m0/s1. The molecule has 6 nitrogen and oxygen atoms in total. The average molecular weight is 547 g/mol. The summed E-state index contributed by atoms with van der Waals surface area (Å²) in [5.41, 5.74) is 3.21. The summed E-state index contributed by atoms with van der Waals surface area (Å²) in [5, 5.41) is 14.6. The highest BCUT2D eigenvalue weighted by Crippen LogP contribution is 2.46. The first-order chi connectivity index (χ1) is 18.6. The number of halogens is 1. The molecule has 2 N–H and O–H groups in total. The monoisotopic (exact) mass is 546 g/mol. The molecule has 0 unspecified atom stereocenters. The molecule has 3 aromatic carbocycles. The Morgan fingerprint density at radius 1 is 1.13 bits per heavy atom. The second kappa shape index (κ2) is 12.0. The molecule has 0 aromatic heterocycles. The molecule has 39 heavy (non-hydrogen) atoms. The van der Waals surface area contributed by atoms with Crippen molar-refractivity contribution in [1.29, 1.82) is 0 Å². The van der Waals surface area contributed by atoms with Crippen LogP contribution in [0.1, 0.15) is 57.7 Å². The normalized spacial score (nSPS) is 15.2. The highest BCUT2D eigenvalue weighted by Gasteiger charge is 2.34. The number of hydrogen-bond acceptors (Lipinski definition) is 5. The van der Waals surface area contributed by atoms with Crippen LogP contribution in [0.2, 0.25) is 5.02 Å². The van der Waals surface area contributed by atoms with Crippen LogP contribution in [0.15, 0.2) is 78.5 Å². The predicted octanol–water partition coefficient (Wildman–Crippen LogP) is 7.67. The van der Waals surface area contributed by atoms with Gasteiger partial charge in [0.05, 0.1) is 11.7 Å². The zero-order valence-electron chi connectivity index (χ0n) is 22.8. The maximum absolute atomic E-state index is 13.7. The molecule has 0 radical (unpaired) electrons. The number of anilines is 2. The number of carbonyl (C=O) groups excluding carboxylic acids is 2. The number of ether oxygens (including phenoxy) is 1. The van der Waals surface area contributed by atoms with Gasteiger partial charge in [0.2, 0.25) is 5.91 Å². The van der Waals surface area contributed by atoms with Crippen LogP contribution in [0, 0.1) is 11.3 Å². The molecule has 3 aromatic rings. The van der Waals surface area contributed by atoms with Crippen LogP contribution in [0.4, 0.5) is 11.4 Å². The maximum Gasteiger partial charge on any atom is 0.230 e. The molecule has 0 saturated carbocycles. The van der Waals surface area contributed by atoms with Gasteiger partial charge in [-0.05, 0) is 53.3 Å². The van der Waals surface area contributed by atoms with E-state index in [0.29, 0.717) is 41.6 Å². The van der Waals surface area contributed by atoms with Crippen LogP contribution in [0.25, 0.3) is 0 Å². The first kappa shape index (κ1) is 28.2. The van der Waals surface area contributed by atoms with Gasteiger partial charge in [0.1, 0.15) is 30.1 Å². The number of nitrogens with zero attached hydrogens (tertiary/aromatic N) is 1. The largest absolute Gasteiger partial charge is 0.506 e. The van der Waals surface area contributed by atoms with Crippen molar-refractivity contribution in [3.05, 3.63) is 94.7 Å². The summed E-state index contributed by atoms with van der Waals surface area (Å²) in [4.78, 5) is 26.7. The number of amides is 1. The van der Waals surface area contributed by atoms with E-state index in [-0.39, 0.29) is 23.0 Å². The molecule has 0 spiro atoms. The van der Waals surface area contributed by atoms with Crippen molar-refractivity contribution in [2.24, 2.45) is 11.3 Å². The van der Waals surface area contributed by atoms with Gasteiger partial charge in [0, 0.05) is 23.1 Å². The summed E-state index contributed by atoms with van der Waals surface area (Å²) in [6.45, 7) is 8.13. The second-order valence-electron chi connectivity index (χ2n) is 11.0. The van der Waals surface area contributed by atoms with Gasteiger partial charge in [0.25, 0.3) is 0 Å². The van der Waals surface area contributed by atoms with Crippen molar-refractivity contribution < 1.29 is 19.4 Å². The Balaban J connectivity index is 1.79. The van der Waals surface area contributed by atoms with Crippen LogP contribution in [-0.2, 0) is 16.2 Å². The fraction of sp³-hybridized carbons (Fsp3) is 0.312. The SMILES string of the molecule is CC(C)C(=O)N1c2cccc(O)c2NC(CC(C)(C)CC=O)=C[C@H]1c1ccc(OCc2ccccc2)cc1Cl. The fourth-order valence-electron chi connectivity index (χ4n) is 4.73. The van der Waals surface area contributed by atoms with Gasteiger partial charge in [-0.15, -0.1) is 0 Å². The van der Waals surface area contributed by atoms with E-state index in [1.807, 2.05) is 82.3 Å². The summed E-state index contributed by atoms with van der Waals surface area (Å²) in [6.07, 6.45) is 3.78. The number of fused-ring (bicyclic) bond motifs is 1. The fourth-order valence-corrected chi connectivity index (χ4v) is 5.01. The highest BCUT2D eigenvalue weighted by molar-refractivity contribution is 6.31. The Hall–Kier alpha value is -3.77. The Morgan fingerprint density at radius 2 is 1.87 bits per heavy atom. The second-order valence-corrected chi connectivity index (χ2v) is 11.4. The van der Waals surface area contributed by atoms with Gasteiger partial charge in [-0.2, -0.15) is 0 Å². The van der Waals surface area contributed by atoms with Gasteiger partial charge in [-0.25, -0.2) is 0 Å². The predicted molar refractivity (Wildman–Crippen MR) is 156 cm³/mol. The van der Waals surface area contributed by atoms with E-state index >= 15 is 0 Å². The van der Waals surface area contributed by atoms with Gasteiger partial charge in [0.15, 0.2) is 0 Å². The minimum Gasteiger partial charge on any atom is -0.506 e. The Labute approximate surface area is 235 Å². The number of aromatic hydroxyl groups is 1. The molecule has 0 bridgehead atoms. The number of benzene rings is 3. The summed E-state index contributed by atoms with van der Waals surface area (Å²) in [6, 6.07) is 19.9. The number of para-hydroxylation sites is 1. The van der Waals surface area contributed by atoms with E-state index < -0.39 is 6.04 Å². The van der Waals surface area contributed by atoms with E-state index in [9.17, 15) is 14.7 Å². The number of rotatable bonds is 9. The minimum atomic E-state index is -0.562. The lowest BCUT2D eigenvalue weighted by molar-refractivity contribution is -0.121. The van der Waals surface area contributed by atoms with Gasteiger partial charge >= 0.3 is 0 Å². The molecular formula is C32H35ClN2O4. The highest BCUT2D eigenvalue weighted by atomic mass is 35.5. The third-order valence-corrected chi connectivity index (χ3v) is 7.11. The number of hydrogen-bond donors (Lipinski definition) is 2. The molecule has 1 amide bonds. The van der Waals surface area contributed by atoms with Crippen molar-refractivity contribution in [2.45, 2.75) is 53.2 Å². The molecular weight excluding hydrogens is 512 g/mol. The smallest absolute Gasteiger partial charge is 0.230 e. The number of nitrogens with one attached hydrogen (secondary N) is 1. The van der Waals surface area contributed by atoms with Crippen LogP contribution < -0.4 is 15.0 Å². The zero-order chi connectivity index (χ0) is 28.2. The van der Waals surface area contributed by atoms with Crippen molar-refractivity contribution >= 4 is 35.2 Å². The van der Waals surface area contributed by atoms with E-state index in [2.05, 4.69) is 5.32 Å². The van der Waals surface area contributed by atoms with Crippen molar-refractivity contribution in [1.82, 2.24) is 0 Å². The Kier molecular flexibility index (Phi) is 8.66. The number of aldehydes is 1. The number of allylic oxidation sites excluding steroid dienone is 1. The topological polar surface area (TPSA) is 78.9 Å². The van der Waals surface area contributed by atoms with E-state index in [4.69, 9.17) is 16.3 Å². The van der Waals surface area contributed by atoms with Gasteiger partial charge in [-0.3, -0.25) is 9.69 Å². The molecule has 1 aliphatic heterocycles. The third kappa shape index (κ3) is 6.63. The molecule has 0 saturated heterocycles. The number of phenols is 1. The lowest BCUT2D eigenvalue weighted by Gasteiger charge is -2.32. The molecule has 1 atom stereocenters. The van der Waals surface area contributed by atoms with Crippen molar-refractivity contribution in [3.8, 4) is 11.5 Å². The van der Waals surface area contributed by atoms with Crippen LogP contribution in [0.5, 0.6) is 11.5 Å². The first-order valence-corrected chi connectivity index (χ1v) is 13.5. The van der Waals surface area contributed by atoms with Crippen molar-refractivity contribution in [2.75, 3.05) is 10.2 Å². The summed E-state index contributed by atoms with van der Waals surface area (Å²) in [7, 11) is 0.